The van der Waals surface area contributed by atoms with Crippen LogP contribution < -0.4 is 0 Å². The highest BCUT2D eigenvalue weighted by molar-refractivity contribution is 6.74. The summed E-state index contributed by atoms with van der Waals surface area (Å²) in [6.07, 6.45) is 10.6. The number of unbranched alkanes of at least 4 members (excludes halogenated alkanes) is 4. The lowest BCUT2D eigenvalue weighted by atomic mass is 10.2. The summed E-state index contributed by atoms with van der Waals surface area (Å²) in [5, 5.41) is 0.305. The quantitative estimate of drug-likeness (QED) is 0.326. The Kier molecular flexibility index (Phi) is 7.05. The van der Waals surface area contributed by atoms with Crippen molar-refractivity contribution < 1.29 is 4.43 Å². The van der Waals surface area contributed by atoms with Crippen molar-refractivity contribution in [2.45, 2.75) is 77.9 Å². The molecule has 0 unspecified atom stereocenters. The SMILES string of the molecule is CCCCCCC=CO[Si](C)(C)C(C)(C)C. The predicted octanol–water partition coefficient (Wildman–Crippen LogP) is 5.49. The van der Waals surface area contributed by atoms with Gasteiger partial charge in [0.05, 0.1) is 6.26 Å². The van der Waals surface area contributed by atoms with Crippen LogP contribution in [0.4, 0.5) is 0 Å². The van der Waals surface area contributed by atoms with Gasteiger partial charge in [0, 0.05) is 0 Å². The Hall–Kier alpha value is -0.243. The van der Waals surface area contributed by atoms with Crippen LogP contribution in [0.15, 0.2) is 12.3 Å². The third-order valence-electron chi connectivity index (χ3n) is 3.49. The molecule has 0 fully saturated rings. The molecule has 0 atom stereocenters. The molecule has 0 aliphatic heterocycles. The second-order valence-corrected chi connectivity index (χ2v) is 10.9. The molecule has 0 N–H and O–H groups in total. The topological polar surface area (TPSA) is 9.23 Å². The number of hydrogen-bond acceptors (Lipinski definition) is 1. The summed E-state index contributed by atoms with van der Waals surface area (Å²) in [6.45, 7) is 13.6. The average Bonchev–Trinajstić information content (AvgIpc) is 2.14. The van der Waals surface area contributed by atoms with E-state index in [4.69, 9.17) is 4.43 Å². The Morgan fingerprint density at radius 3 is 2.19 bits per heavy atom. The van der Waals surface area contributed by atoms with E-state index in [1.54, 1.807) is 0 Å². The summed E-state index contributed by atoms with van der Waals surface area (Å²) in [7, 11) is -1.57. The van der Waals surface area contributed by atoms with Crippen molar-refractivity contribution in [3.05, 3.63) is 12.3 Å². The zero-order valence-corrected chi connectivity index (χ0v) is 13.1. The van der Waals surface area contributed by atoms with Crippen LogP contribution in [0.5, 0.6) is 0 Å². The maximum atomic E-state index is 5.96. The van der Waals surface area contributed by atoms with Gasteiger partial charge in [-0.1, -0.05) is 53.0 Å². The van der Waals surface area contributed by atoms with Crippen molar-refractivity contribution in [2.75, 3.05) is 0 Å². The minimum Gasteiger partial charge on any atom is -0.549 e. The van der Waals surface area contributed by atoms with E-state index in [1.165, 1.54) is 25.7 Å². The van der Waals surface area contributed by atoms with E-state index in [1.807, 2.05) is 6.26 Å². The molecule has 2 heteroatoms. The van der Waals surface area contributed by atoms with Crippen LogP contribution in [-0.2, 0) is 4.43 Å². The molecule has 0 aliphatic carbocycles. The maximum Gasteiger partial charge on any atom is 0.249 e. The molecule has 16 heavy (non-hydrogen) atoms. The highest BCUT2D eigenvalue weighted by Crippen LogP contribution is 2.36. The first kappa shape index (κ1) is 15.8. The van der Waals surface area contributed by atoms with E-state index in [0.717, 1.165) is 6.42 Å². The lowest BCUT2D eigenvalue weighted by molar-refractivity contribution is 0.428. The summed E-state index contributed by atoms with van der Waals surface area (Å²) in [4.78, 5) is 0. The van der Waals surface area contributed by atoms with Gasteiger partial charge < -0.3 is 4.43 Å². The molecule has 1 nitrogen and oxygen atoms in total. The van der Waals surface area contributed by atoms with Crippen LogP contribution in [0.25, 0.3) is 0 Å². The van der Waals surface area contributed by atoms with Gasteiger partial charge in [0.1, 0.15) is 0 Å². The fraction of sp³-hybridized carbons (Fsp3) is 0.857. The van der Waals surface area contributed by atoms with E-state index in [-0.39, 0.29) is 0 Å². The molecule has 0 bridgehead atoms. The molecule has 0 amide bonds. The molecule has 0 aliphatic rings. The molecule has 0 heterocycles. The molecule has 0 aromatic carbocycles. The fourth-order valence-corrected chi connectivity index (χ4v) is 1.94. The van der Waals surface area contributed by atoms with Gasteiger partial charge >= 0.3 is 0 Å². The van der Waals surface area contributed by atoms with Crippen LogP contribution in [-0.4, -0.2) is 8.32 Å². The Bertz CT molecular complexity index is 201. The predicted molar refractivity (Wildman–Crippen MR) is 76.2 cm³/mol. The van der Waals surface area contributed by atoms with Crippen LogP contribution in [0.1, 0.15) is 59.8 Å². The summed E-state index contributed by atoms with van der Waals surface area (Å²) in [5.74, 6) is 0. The normalized spacial score (nSPS) is 13.4. The highest BCUT2D eigenvalue weighted by Gasteiger charge is 2.37. The first-order valence-electron chi connectivity index (χ1n) is 6.64. The van der Waals surface area contributed by atoms with E-state index in [9.17, 15) is 0 Å². The lowest BCUT2D eigenvalue weighted by Crippen LogP contribution is -2.39. The molecular formula is C14H30OSi. The summed E-state index contributed by atoms with van der Waals surface area (Å²) >= 11 is 0. The van der Waals surface area contributed by atoms with Crippen molar-refractivity contribution >= 4 is 8.32 Å². The number of allylic oxidation sites excluding steroid dienone is 1. The zero-order chi connectivity index (χ0) is 12.7. The third-order valence-corrected chi connectivity index (χ3v) is 7.83. The summed E-state index contributed by atoms with van der Waals surface area (Å²) in [5.41, 5.74) is 0. The Labute approximate surface area is 103 Å². The van der Waals surface area contributed by atoms with Crippen LogP contribution in [0, 0.1) is 0 Å². The molecule has 96 valence electrons. The van der Waals surface area contributed by atoms with E-state index >= 15 is 0 Å². The molecule has 0 saturated heterocycles. The van der Waals surface area contributed by atoms with E-state index in [0.29, 0.717) is 5.04 Å². The molecule has 0 rings (SSSR count). The van der Waals surface area contributed by atoms with E-state index < -0.39 is 8.32 Å². The van der Waals surface area contributed by atoms with Crippen molar-refractivity contribution in [1.82, 2.24) is 0 Å². The zero-order valence-electron chi connectivity index (χ0n) is 12.1. The van der Waals surface area contributed by atoms with Gasteiger partial charge in [0.15, 0.2) is 0 Å². The Morgan fingerprint density at radius 1 is 1.06 bits per heavy atom. The second-order valence-electron chi connectivity index (χ2n) is 6.10. The fourth-order valence-electron chi connectivity index (χ4n) is 1.15. The minimum atomic E-state index is -1.57. The number of rotatable bonds is 7. The molecular weight excluding hydrogens is 212 g/mol. The summed E-state index contributed by atoms with van der Waals surface area (Å²) < 4.78 is 5.96. The Balaban J connectivity index is 3.75. The molecule has 0 saturated carbocycles. The van der Waals surface area contributed by atoms with Crippen LogP contribution >= 0.6 is 0 Å². The standard InChI is InChI=1S/C14H30OSi/c1-7-8-9-10-11-12-13-15-16(5,6)14(2,3)4/h12-13H,7-11H2,1-6H3. The van der Waals surface area contributed by atoms with Crippen molar-refractivity contribution in [2.24, 2.45) is 0 Å². The smallest absolute Gasteiger partial charge is 0.249 e. The summed E-state index contributed by atoms with van der Waals surface area (Å²) in [6, 6.07) is 0. The largest absolute Gasteiger partial charge is 0.549 e. The second kappa shape index (κ2) is 7.15. The van der Waals surface area contributed by atoms with Crippen molar-refractivity contribution in [3.8, 4) is 0 Å². The van der Waals surface area contributed by atoms with Crippen molar-refractivity contribution in [3.63, 3.8) is 0 Å². The van der Waals surface area contributed by atoms with Crippen LogP contribution in [0.3, 0.4) is 0 Å². The van der Waals surface area contributed by atoms with Gasteiger partial charge in [-0.2, -0.15) is 0 Å². The number of hydrogen-bond donors (Lipinski definition) is 0. The molecule has 0 spiro atoms. The van der Waals surface area contributed by atoms with Gasteiger partial charge in [-0.3, -0.25) is 0 Å². The van der Waals surface area contributed by atoms with Crippen LogP contribution in [0.2, 0.25) is 18.1 Å². The molecule has 0 aromatic heterocycles. The average molecular weight is 242 g/mol. The lowest BCUT2D eigenvalue weighted by Gasteiger charge is -2.34. The first-order chi connectivity index (χ1) is 7.31. The third kappa shape index (κ3) is 6.36. The monoisotopic (exact) mass is 242 g/mol. The minimum absolute atomic E-state index is 0.305. The van der Waals surface area contributed by atoms with Gasteiger partial charge in [-0.25, -0.2) is 0 Å². The molecule has 0 radical (unpaired) electrons. The highest BCUT2D eigenvalue weighted by atomic mass is 28.4. The van der Waals surface area contributed by atoms with Gasteiger partial charge in [0.25, 0.3) is 0 Å². The van der Waals surface area contributed by atoms with Gasteiger partial charge in [0.2, 0.25) is 8.32 Å². The maximum absolute atomic E-state index is 5.96. The Morgan fingerprint density at radius 2 is 1.69 bits per heavy atom. The van der Waals surface area contributed by atoms with Gasteiger partial charge in [-0.15, -0.1) is 0 Å². The van der Waals surface area contributed by atoms with Crippen molar-refractivity contribution in [1.29, 1.82) is 0 Å². The molecule has 0 aromatic rings. The van der Waals surface area contributed by atoms with Gasteiger partial charge in [-0.05, 0) is 31.0 Å². The van der Waals surface area contributed by atoms with E-state index in [2.05, 4.69) is 46.9 Å². The first-order valence-corrected chi connectivity index (χ1v) is 9.55.